The molecule has 6 heteroatoms. The molecule has 0 aliphatic rings. The molecule has 0 aromatic rings. The minimum absolute atomic E-state index is 0.191. The smallest absolute Gasteiger partial charge is 0.330 e. The third-order valence-electron chi connectivity index (χ3n) is 1.38. The molecule has 0 saturated carbocycles. The normalized spacial score (nSPS) is 12.2. The van der Waals surface area contributed by atoms with Crippen LogP contribution in [0.2, 0.25) is 0 Å². The molecular formula is C6H16N2O3P+. The van der Waals surface area contributed by atoms with Crippen LogP contribution in [0.4, 0.5) is 0 Å². The molecule has 0 aromatic carbocycles. The number of rotatable bonds is 7. The van der Waals surface area contributed by atoms with E-state index in [0.717, 1.165) is 19.4 Å². The van der Waals surface area contributed by atoms with Gasteiger partial charge in [0.15, 0.2) is 6.73 Å². The molecule has 5 nitrogen and oxygen atoms in total. The van der Waals surface area contributed by atoms with E-state index in [9.17, 15) is 4.57 Å². The van der Waals surface area contributed by atoms with Crippen LogP contribution in [0.25, 0.3) is 0 Å². The van der Waals surface area contributed by atoms with E-state index < -0.39 is 8.25 Å². The van der Waals surface area contributed by atoms with E-state index in [2.05, 4.69) is 4.52 Å². The Morgan fingerprint density at radius 2 is 2.25 bits per heavy atom. The first-order valence-electron chi connectivity index (χ1n) is 3.84. The maximum Gasteiger partial charge on any atom is 0.696 e. The Kier molecular flexibility index (Phi) is 7.54. The highest BCUT2D eigenvalue weighted by atomic mass is 31.1. The highest BCUT2D eigenvalue weighted by Gasteiger charge is 2.12. The lowest BCUT2D eigenvalue weighted by Crippen LogP contribution is -2.22. The van der Waals surface area contributed by atoms with Crippen LogP contribution in [-0.2, 0) is 9.09 Å². The Balaban J connectivity index is 3.21. The van der Waals surface area contributed by atoms with E-state index in [0.29, 0.717) is 6.54 Å². The molecule has 12 heavy (non-hydrogen) atoms. The number of nitrogens with zero attached hydrogens (tertiary/aromatic N) is 1. The van der Waals surface area contributed by atoms with Crippen LogP contribution in [0, 0.1) is 0 Å². The zero-order chi connectivity index (χ0) is 9.40. The summed E-state index contributed by atoms with van der Waals surface area (Å²) in [6, 6.07) is 0. The van der Waals surface area contributed by atoms with Crippen LogP contribution >= 0.6 is 8.25 Å². The molecule has 72 valence electrons. The van der Waals surface area contributed by atoms with Crippen molar-refractivity contribution < 1.29 is 14.0 Å². The van der Waals surface area contributed by atoms with Crippen LogP contribution in [0.5, 0.6) is 0 Å². The van der Waals surface area contributed by atoms with E-state index in [1.54, 1.807) is 0 Å². The SMILES string of the molecule is CN(CCCCN)CO[P+](=O)O. The van der Waals surface area contributed by atoms with Gasteiger partial charge in [-0.1, -0.05) is 0 Å². The molecule has 0 aliphatic carbocycles. The molecule has 3 N–H and O–H groups in total. The molecule has 0 spiro atoms. The van der Waals surface area contributed by atoms with Gasteiger partial charge >= 0.3 is 8.25 Å². The van der Waals surface area contributed by atoms with Gasteiger partial charge in [-0.3, -0.25) is 4.90 Å². The summed E-state index contributed by atoms with van der Waals surface area (Å²) in [5.41, 5.74) is 5.30. The minimum Gasteiger partial charge on any atom is -0.330 e. The summed E-state index contributed by atoms with van der Waals surface area (Å²) in [5.74, 6) is 0. The van der Waals surface area contributed by atoms with E-state index in [1.807, 2.05) is 11.9 Å². The standard InChI is InChI=1S/C6H15N2O3P/c1-8(5-3-2-4-7)6-11-12(9)10/h2-7H2,1H3/p+1. The summed E-state index contributed by atoms with van der Waals surface area (Å²) in [6.45, 7) is 1.71. The largest absolute Gasteiger partial charge is 0.696 e. The van der Waals surface area contributed by atoms with Crippen molar-refractivity contribution in [3.05, 3.63) is 0 Å². The van der Waals surface area contributed by atoms with E-state index >= 15 is 0 Å². The molecule has 0 amide bonds. The second kappa shape index (κ2) is 7.58. The lowest BCUT2D eigenvalue weighted by Gasteiger charge is -2.11. The van der Waals surface area contributed by atoms with Gasteiger partial charge in [-0.05, 0) is 26.4 Å². The van der Waals surface area contributed by atoms with Gasteiger partial charge in [0, 0.05) is 11.1 Å². The summed E-state index contributed by atoms with van der Waals surface area (Å²) >= 11 is 0. The third-order valence-corrected chi connectivity index (χ3v) is 1.72. The average molecular weight is 195 g/mol. The van der Waals surface area contributed by atoms with Gasteiger partial charge in [-0.2, -0.15) is 0 Å². The van der Waals surface area contributed by atoms with E-state index in [-0.39, 0.29) is 6.73 Å². The zero-order valence-electron chi connectivity index (χ0n) is 7.27. The second-order valence-electron chi connectivity index (χ2n) is 2.57. The van der Waals surface area contributed by atoms with Crippen LogP contribution in [0.15, 0.2) is 0 Å². The van der Waals surface area contributed by atoms with Crippen molar-refractivity contribution in [2.24, 2.45) is 5.73 Å². The predicted molar refractivity (Wildman–Crippen MR) is 46.7 cm³/mol. The first-order chi connectivity index (χ1) is 5.66. The molecular weight excluding hydrogens is 179 g/mol. The van der Waals surface area contributed by atoms with Crippen molar-refractivity contribution in [3.8, 4) is 0 Å². The number of hydrogen-bond acceptors (Lipinski definition) is 4. The van der Waals surface area contributed by atoms with Gasteiger partial charge in [0.2, 0.25) is 0 Å². The number of unbranched alkanes of at least 4 members (excludes halogenated alkanes) is 1. The summed E-state index contributed by atoms with van der Waals surface area (Å²) in [5, 5.41) is 0. The quantitative estimate of drug-likeness (QED) is 0.346. The summed E-state index contributed by atoms with van der Waals surface area (Å²) < 4.78 is 14.6. The maximum atomic E-state index is 10.1. The van der Waals surface area contributed by atoms with Crippen LogP contribution < -0.4 is 5.73 Å². The molecule has 1 unspecified atom stereocenters. The second-order valence-corrected chi connectivity index (χ2v) is 3.31. The third kappa shape index (κ3) is 8.04. The highest BCUT2D eigenvalue weighted by molar-refractivity contribution is 7.32. The fourth-order valence-electron chi connectivity index (χ4n) is 0.739. The van der Waals surface area contributed by atoms with E-state index in [1.165, 1.54) is 0 Å². The van der Waals surface area contributed by atoms with Gasteiger partial charge in [0.1, 0.15) is 0 Å². The first-order valence-corrected chi connectivity index (χ1v) is 4.97. The van der Waals surface area contributed by atoms with Gasteiger partial charge in [0.05, 0.1) is 0 Å². The van der Waals surface area contributed by atoms with Crippen molar-refractivity contribution in [3.63, 3.8) is 0 Å². The molecule has 0 aromatic heterocycles. The molecule has 1 atom stereocenters. The summed E-state index contributed by atoms with van der Waals surface area (Å²) in [4.78, 5) is 10.1. The fourth-order valence-corrected chi connectivity index (χ4v) is 1.03. The molecule has 0 aliphatic heterocycles. The summed E-state index contributed by atoms with van der Waals surface area (Å²) in [6.07, 6.45) is 1.95. The van der Waals surface area contributed by atoms with Crippen molar-refractivity contribution in [2.75, 3.05) is 26.9 Å². The van der Waals surface area contributed by atoms with Crippen molar-refractivity contribution in [1.29, 1.82) is 0 Å². The Hall–Kier alpha value is -0.0600. The lowest BCUT2D eigenvalue weighted by atomic mass is 10.3. The monoisotopic (exact) mass is 195 g/mol. The lowest BCUT2D eigenvalue weighted by molar-refractivity contribution is 0.144. The van der Waals surface area contributed by atoms with Crippen molar-refractivity contribution in [2.45, 2.75) is 12.8 Å². The van der Waals surface area contributed by atoms with Crippen LogP contribution in [-0.4, -0.2) is 36.7 Å². The Labute approximate surface area is 73.4 Å². The van der Waals surface area contributed by atoms with Gasteiger partial charge in [0.25, 0.3) is 0 Å². The fraction of sp³-hybridized carbons (Fsp3) is 1.00. The number of nitrogens with two attached hydrogens (primary N) is 1. The zero-order valence-corrected chi connectivity index (χ0v) is 8.17. The predicted octanol–water partition coefficient (Wildman–Crippen LogP) is 0.281. The number of hydrogen-bond donors (Lipinski definition) is 2. The van der Waals surface area contributed by atoms with Crippen LogP contribution in [0.1, 0.15) is 12.8 Å². The first kappa shape index (κ1) is 11.9. The molecule has 0 heterocycles. The minimum atomic E-state index is -2.47. The van der Waals surface area contributed by atoms with Crippen LogP contribution in [0.3, 0.4) is 0 Å². The van der Waals surface area contributed by atoms with Gasteiger partial charge < -0.3 is 5.73 Å². The molecule has 0 bridgehead atoms. The molecule has 0 rings (SSSR count). The van der Waals surface area contributed by atoms with Crippen molar-refractivity contribution in [1.82, 2.24) is 4.90 Å². The molecule has 0 fully saturated rings. The molecule has 0 saturated heterocycles. The van der Waals surface area contributed by atoms with Gasteiger partial charge in [-0.25, -0.2) is 0 Å². The topological polar surface area (TPSA) is 75.8 Å². The molecule has 0 radical (unpaired) electrons. The summed E-state index contributed by atoms with van der Waals surface area (Å²) in [7, 11) is -0.639. The Morgan fingerprint density at radius 1 is 1.58 bits per heavy atom. The van der Waals surface area contributed by atoms with E-state index in [4.69, 9.17) is 10.6 Å². The van der Waals surface area contributed by atoms with Gasteiger partial charge in [-0.15, -0.1) is 9.42 Å². The average Bonchev–Trinajstić information content (AvgIpc) is 2.01. The highest BCUT2D eigenvalue weighted by Crippen LogP contribution is 2.13. The Bertz CT molecular complexity index is 134. The maximum absolute atomic E-state index is 10.1. The van der Waals surface area contributed by atoms with Crippen molar-refractivity contribution >= 4 is 8.25 Å². The Morgan fingerprint density at radius 3 is 2.75 bits per heavy atom.